The molecule has 1 saturated heterocycles. The van der Waals surface area contributed by atoms with Gasteiger partial charge in [-0.25, -0.2) is 4.39 Å². The van der Waals surface area contributed by atoms with Gasteiger partial charge < -0.3 is 15.1 Å². The smallest absolute Gasteiger partial charge is 0.233 e. The number of nitrogens with zero attached hydrogens (tertiary/aromatic N) is 4. The monoisotopic (exact) mass is 429 g/mol. The fourth-order valence-corrected chi connectivity index (χ4v) is 4.73. The van der Waals surface area contributed by atoms with Crippen LogP contribution in [-0.4, -0.2) is 52.9 Å². The van der Waals surface area contributed by atoms with E-state index >= 15 is 0 Å². The summed E-state index contributed by atoms with van der Waals surface area (Å²) in [5, 5.41) is 11.5. The van der Waals surface area contributed by atoms with Crippen LogP contribution in [0.25, 0.3) is 0 Å². The first-order valence-electron chi connectivity index (χ1n) is 9.25. The maximum atomic E-state index is 13.7. The lowest BCUT2D eigenvalue weighted by Gasteiger charge is -2.36. The molecule has 1 aliphatic rings. The summed E-state index contributed by atoms with van der Waals surface area (Å²) in [5.41, 5.74) is 1.55. The third kappa shape index (κ3) is 5.04. The van der Waals surface area contributed by atoms with Gasteiger partial charge in [0, 0.05) is 31.9 Å². The summed E-state index contributed by atoms with van der Waals surface area (Å²) in [6, 6.07) is 16.7. The van der Waals surface area contributed by atoms with Gasteiger partial charge in [-0.2, -0.15) is 0 Å². The van der Waals surface area contributed by atoms with Crippen molar-refractivity contribution in [3.63, 3.8) is 0 Å². The van der Waals surface area contributed by atoms with Crippen LogP contribution in [0.2, 0.25) is 0 Å². The van der Waals surface area contributed by atoms with Crippen LogP contribution in [-0.2, 0) is 4.79 Å². The summed E-state index contributed by atoms with van der Waals surface area (Å²) >= 11 is 2.67. The predicted molar refractivity (Wildman–Crippen MR) is 116 cm³/mol. The molecule has 4 rings (SSSR count). The molecule has 150 valence electrons. The summed E-state index contributed by atoms with van der Waals surface area (Å²) in [4.78, 5) is 16.7. The van der Waals surface area contributed by atoms with Crippen molar-refractivity contribution in [1.82, 2.24) is 15.1 Å². The molecule has 2 heterocycles. The second-order valence-corrected chi connectivity index (χ2v) is 8.67. The van der Waals surface area contributed by atoms with Gasteiger partial charge in [-0.1, -0.05) is 53.4 Å². The van der Waals surface area contributed by atoms with Crippen LogP contribution < -0.4 is 10.2 Å². The van der Waals surface area contributed by atoms with Crippen LogP contribution in [0.5, 0.6) is 0 Å². The Balaban J connectivity index is 1.25. The molecular weight excluding hydrogens is 409 g/mol. The van der Waals surface area contributed by atoms with E-state index in [0.717, 1.165) is 13.1 Å². The Morgan fingerprint density at radius 1 is 1.03 bits per heavy atom. The summed E-state index contributed by atoms with van der Waals surface area (Å²) in [6.07, 6.45) is 0. The predicted octanol–water partition coefficient (Wildman–Crippen LogP) is 3.86. The van der Waals surface area contributed by atoms with E-state index in [4.69, 9.17) is 0 Å². The fourth-order valence-electron chi connectivity index (χ4n) is 3.06. The van der Waals surface area contributed by atoms with E-state index in [1.54, 1.807) is 18.2 Å². The van der Waals surface area contributed by atoms with Crippen molar-refractivity contribution in [3.8, 4) is 0 Å². The van der Waals surface area contributed by atoms with Gasteiger partial charge in [0.1, 0.15) is 5.82 Å². The van der Waals surface area contributed by atoms with Crippen molar-refractivity contribution in [3.05, 3.63) is 60.4 Å². The van der Waals surface area contributed by atoms with E-state index in [2.05, 4.69) is 32.5 Å². The van der Waals surface area contributed by atoms with Gasteiger partial charge in [-0.05, 0) is 24.3 Å². The molecule has 0 aliphatic carbocycles. The van der Waals surface area contributed by atoms with Crippen LogP contribution in [0, 0.1) is 5.82 Å². The third-order valence-corrected chi connectivity index (χ3v) is 6.55. The number of hydrogen-bond acceptors (Lipinski definition) is 7. The number of hydrogen-bond donors (Lipinski definition) is 1. The highest BCUT2D eigenvalue weighted by molar-refractivity contribution is 8.01. The van der Waals surface area contributed by atoms with E-state index in [9.17, 15) is 9.18 Å². The molecule has 1 amide bonds. The molecule has 0 spiro atoms. The molecule has 0 unspecified atom stereocenters. The molecular formula is C20H20FN5OS2. The standard InChI is InChI=1S/C20H20FN5OS2/c21-16-8-4-5-9-17(16)22-19-23-24-20(29-19)28-14-18(27)26-12-10-25(11-13-26)15-6-2-1-3-7-15/h1-9H,10-14H2,(H,22,23). The molecule has 1 aliphatic heterocycles. The normalized spacial score (nSPS) is 14.1. The van der Waals surface area contributed by atoms with E-state index in [-0.39, 0.29) is 11.7 Å². The van der Waals surface area contributed by atoms with Crippen LogP contribution in [0.3, 0.4) is 0 Å². The van der Waals surface area contributed by atoms with Gasteiger partial charge in [-0.3, -0.25) is 4.79 Å². The second-order valence-electron chi connectivity index (χ2n) is 6.47. The number of aromatic nitrogens is 2. The van der Waals surface area contributed by atoms with Crippen molar-refractivity contribution >= 4 is 45.5 Å². The van der Waals surface area contributed by atoms with Crippen molar-refractivity contribution in [1.29, 1.82) is 0 Å². The molecule has 29 heavy (non-hydrogen) atoms. The zero-order valence-electron chi connectivity index (χ0n) is 15.6. The first-order chi connectivity index (χ1) is 14.2. The van der Waals surface area contributed by atoms with Crippen LogP contribution >= 0.6 is 23.1 Å². The Hall–Kier alpha value is -2.65. The fraction of sp³-hybridized carbons (Fsp3) is 0.250. The average molecular weight is 430 g/mol. The number of rotatable bonds is 6. The van der Waals surface area contributed by atoms with Gasteiger partial charge in [0.05, 0.1) is 11.4 Å². The van der Waals surface area contributed by atoms with Gasteiger partial charge >= 0.3 is 0 Å². The Kier molecular flexibility index (Phi) is 6.26. The molecule has 0 radical (unpaired) electrons. The minimum absolute atomic E-state index is 0.0986. The molecule has 0 atom stereocenters. The van der Waals surface area contributed by atoms with E-state index < -0.39 is 0 Å². The van der Waals surface area contributed by atoms with Gasteiger partial charge in [0.25, 0.3) is 0 Å². The van der Waals surface area contributed by atoms with Gasteiger partial charge in [0.15, 0.2) is 4.34 Å². The van der Waals surface area contributed by atoms with E-state index in [0.29, 0.717) is 34.0 Å². The largest absolute Gasteiger partial charge is 0.368 e. The van der Waals surface area contributed by atoms with E-state index in [1.165, 1.54) is 34.9 Å². The molecule has 6 nitrogen and oxygen atoms in total. The summed E-state index contributed by atoms with van der Waals surface area (Å²) < 4.78 is 14.4. The molecule has 1 N–H and O–H groups in total. The molecule has 2 aromatic carbocycles. The number of anilines is 3. The topological polar surface area (TPSA) is 61.4 Å². The molecule has 1 aromatic heterocycles. The number of carbonyl (C=O) groups excluding carboxylic acids is 1. The Morgan fingerprint density at radius 3 is 2.52 bits per heavy atom. The Morgan fingerprint density at radius 2 is 1.76 bits per heavy atom. The quantitative estimate of drug-likeness (QED) is 0.601. The Bertz CT molecular complexity index is 960. The molecule has 3 aromatic rings. The number of thioether (sulfide) groups is 1. The van der Waals surface area contributed by atoms with Crippen molar-refractivity contribution in [2.75, 3.05) is 42.1 Å². The SMILES string of the molecule is O=C(CSc1nnc(Nc2ccccc2F)s1)N1CCN(c2ccccc2)CC1. The molecule has 0 saturated carbocycles. The number of benzene rings is 2. The number of nitrogens with one attached hydrogen (secondary N) is 1. The minimum atomic E-state index is -0.346. The third-order valence-electron chi connectivity index (χ3n) is 4.59. The molecule has 9 heteroatoms. The van der Waals surface area contributed by atoms with Crippen molar-refractivity contribution < 1.29 is 9.18 Å². The first kappa shape index (κ1) is 19.7. The van der Waals surface area contributed by atoms with Crippen LogP contribution in [0.4, 0.5) is 20.9 Å². The van der Waals surface area contributed by atoms with Gasteiger partial charge in [0.2, 0.25) is 11.0 Å². The zero-order valence-corrected chi connectivity index (χ0v) is 17.3. The number of carbonyl (C=O) groups is 1. The highest BCUT2D eigenvalue weighted by Crippen LogP contribution is 2.28. The lowest BCUT2D eigenvalue weighted by Crippen LogP contribution is -2.49. The maximum Gasteiger partial charge on any atom is 0.233 e. The zero-order chi connectivity index (χ0) is 20.1. The molecule has 1 fully saturated rings. The minimum Gasteiger partial charge on any atom is -0.368 e. The van der Waals surface area contributed by atoms with E-state index in [1.807, 2.05) is 23.1 Å². The second kappa shape index (κ2) is 9.23. The van der Waals surface area contributed by atoms with Gasteiger partial charge in [-0.15, -0.1) is 10.2 Å². The maximum absolute atomic E-state index is 13.7. The molecule has 0 bridgehead atoms. The number of para-hydroxylation sites is 2. The summed E-state index contributed by atoms with van der Waals surface area (Å²) in [5.74, 6) is 0.0721. The lowest BCUT2D eigenvalue weighted by molar-refractivity contribution is -0.128. The number of amides is 1. The Labute approximate surface area is 176 Å². The van der Waals surface area contributed by atoms with Crippen molar-refractivity contribution in [2.45, 2.75) is 4.34 Å². The summed E-state index contributed by atoms with van der Waals surface area (Å²) in [7, 11) is 0. The number of halogens is 1. The average Bonchev–Trinajstić information content (AvgIpc) is 3.22. The van der Waals surface area contributed by atoms with Crippen LogP contribution in [0.1, 0.15) is 0 Å². The van der Waals surface area contributed by atoms with Crippen LogP contribution in [0.15, 0.2) is 58.9 Å². The highest BCUT2D eigenvalue weighted by Gasteiger charge is 2.21. The van der Waals surface area contributed by atoms with Crippen molar-refractivity contribution in [2.24, 2.45) is 0 Å². The lowest BCUT2D eigenvalue weighted by atomic mass is 10.2. The number of piperazine rings is 1. The first-order valence-corrected chi connectivity index (χ1v) is 11.0. The highest BCUT2D eigenvalue weighted by atomic mass is 32.2. The summed E-state index contributed by atoms with van der Waals surface area (Å²) in [6.45, 7) is 3.08.